The summed E-state index contributed by atoms with van der Waals surface area (Å²) >= 11 is 0. The van der Waals surface area contributed by atoms with E-state index in [0.29, 0.717) is 6.42 Å². The highest BCUT2D eigenvalue weighted by molar-refractivity contribution is 5.66. The van der Waals surface area contributed by atoms with Crippen molar-refractivity contribution in [3.8, 4) is 5.69 Å². The Morgan fingerprint density at radius 1 is 1.04 bits per heavy atom. The first-order valence-electron chi connectivity index (χ1n) is 8.86. The van der Waals surface area contributed by atoms with Crippen LogP contribution in [0.3, 0.4) is 0 Å². The van der Waals surface area contributed by atoms with E-state index in [1.54, 1.807) is 0 Å². The maximum Gasteiger partial charge on any atom is 0.303 e. The molecule has 2 rings (SSSR count). The quantitative estimate of drug-likeness (QED) is 0.623. The van der Waals surface area contributed by atoms with Gasteiger partial charge in [-0.3, -0.25) is 4.79 Å². The number of carboxylic acids is 1. The summed E-state index contributed by atoms with van der Waals surface area (Å²) in [5.41, 5.74) is 3.31. The van der Waals surface area contributed by atoms with Crippen LogP contribution >= 0.6 is 0 Å². The Hall–Kier alpha value is -2.17. The number of hydrogen-bond acceptors (Lipinski definition) is 3. The first-order valence-corrected chi connectivity index (χ1v) is 8.86. The van der Waals surface area contributed by atoms with Crippen molar-refractivity contribution < 1.29 is 9.90 Å². The highest BCUT2D eigenvalue weighted by Gasteiger charge is 2.04. The number of aryl methyl sites for hydroxylation is 2. The molecule has 1 heterocycles. The van der Waals surface area contributed by atoms with E-state index in [0.717, 1.165) is 43.5 Å². The standard InChI is InChI=1S/C19H27N3O2/c1-16-11-9-10-13-18(16)22-15-17(20-21-22)12-7-5-3-2-4-6-8-14-19(23)24/h9-11,13,15H,2-8,12,14H2,1H3,(H,23,24). The summed E-state index contributed by atoms with van der Waals surface area (Å²) in [6.07, 6.45) is 11.0. The smallest absolute Gasteiger partial charge is 0.303 e. The zero-order chi connectivity index (χ0) is 17.2. The summed E-state index contributed by atoms with van der Waals surface area (Å²) in [7, 11) is 0. The normalized spacial score (nSPS) is 10.9. The van der Waals surface area contributed by atoms with Crippen LogP contribution in [-0.2, 0) is 11.2 Å². The van der Waals surface area contributed by atoms with Crippen molar-refractivity contribution in [1.82, 2.24) is 15.0 Å². The Bertz CT molecular complexity index is 637. The van der Waals surface area contributed by atoms with Gasteiger partial charge in [0.25, 0.3) is 0 Å². The summed E-state index contributed by atoms with van der Waals surface area (Å²) < 4.78 is 1.85. The third-order valence-electron chi connectivity index (χ3n) is 4.23. The number of para-hydroxylation sites is 1. The Balaban J connectivity index is 1.60. The van der Waals surface area contributed by atoms with Crippen molar-refractivity contribution >= 4 is 5.97 Å². The van der Waals surface area contributed by atoms with E-state index < -0.39 is 5.97 Å². The molecule has 0 amide bonds. The lowest BCUT2D eigenvalue weighted by Crippen LogP contribution is -1.97. The molecule has 0 saturated carbocycles. The maximum absolute atomic E-state index is 10.4. The van der Waals surface area contributed by atoms with Crippen molar-refractivity contribution in [3.05, 3.63) is 41.7 Å². The fourth-order valence-electron chi connectivity index (χ4n) is 2.82. The molecule has 5 heteroatoms. The van der Waals surface area contributed by atoms with Crippen LogP contribution in [0.1, 0.15) is 62.6 Å². The van der Waals surface area contributed by atoms with Crippen LogP contribution in [0.15, 0.2) is 30.5 Å². The van der Waals surface area contributed by atoms with Crippen molar-refractivity contribution in [2.45, 2.75) is 64.7 Å². The number of aromatic nitrogens is 3. The van der Waals surface area contributed by atoms with Gasteiger partial charge in [-0.05, 0) is 37.8 Å². The number of aliphatic carboxylic acids is 1. The predicted molar refractivity (Wildman–Crippen MR) is 94.4 cm³/mol. The van der Waals surface area contributed by atoms with Crippen LogP contribution in [0, 0.1) is 6.92 Å². The molecule has 2 aromatic rings. The van der Waals surface area contributed by atoms with Crippen LogP contribution in [-0.4, -0.2) is 26.1 Å². The average Bonchev–Trinajstić information content (AvgIpc) is 3.02. The van der Waals surface area contributed by atoms with E-state index in [1.807, 2.05) is 23.0 Å². The van der Waals surface area contributed by atoms with Gasteiger partial charge in [0.1, 0.15) is 0 Å². The molecule has 0 atom stereocenters. The molecule has 130 valence electrons. The molecule has 1 N–H and O–H groups in total. The van der Waals surface area contributed by atoms with Crippen LogP contribution in [0.2, 0.25) is 0 Å². The monoisotopic (exact) mass is 329 g/mol. The molecular formula is C19H27N3O2. The van der Waals surface area contributed by atoms with Crippen LogP contribution in [0.25, 0.3) is 5.69 Å². The van der Waals surface area contributed by atoms with Gasteiger partial charge in [0.2, 0.25) is 0 Å². The summed E-state index contributed by atoms with van der Waals surface area (Å²) in [5, 5.41) is 17.1. The first-order chi connectivity index (χ1) is 11.7. The van der Waals surface area contributed by atoms with E-state index in [4.69, 9.17) is 5.11 Å². The number of carbonyl (C=O) groups is 1. The van der Waals surface area contributed by atoms with Gasteiger partial charge < -0.3 is 5.11 Å². The highest BCUT2D eigenvalue weighted by Crippen LogP contribution is 2.14. The second-order valence-electron chi connectivity index (χ2n) is 6.31. The van der Waals surface area contributed by atoms with Gasteiger partial charge in [-0.25, -0.2) is 4.68 Å². The van der Waals surface area contributed by atoms with Crippen LogP contribution < -0.4 is 0 Å². The second kappa shape index (κ2) is 9.85. The third-order valence-corrected chi connectivity index (χ3v) is 4.23. The van der Waals surface area contributed by atoms with Crippen molar-refractivity contribution in [2.75, 3.05) is 0 Å². The number of unbranched alkanes of at least 4 members (excludes halogenated alkanes) is 6. The molecule has 0 spiro atoms. The number of rotatable bonds is 11. The van der Waals surface area contributed by atoms with Gasteiger partial charge in [-0.1, -0.05) is 55.5 Å². The summed E-state index contributed by atoms with van der Waals surface area (Å²) in [4.78, 5) is 10.4. The third kappa shape index (κ3) is 6.14. The topological polar surface area (TPSA) is 68.0 Å². The van der Waals surface area contributed by atoms with Crippen LogP contribution in [0.4, 0.5) is 0 Å². The van der Waals surface area contributed by atoms with E-state index >= 15 is 0 Å². The maximum atomic E-state index is 10.4. The molecule has 0 aliphatic rings. The zero-order valence-electron chi connectivity index (χ0n) is 14.4. The fourth-order valence-corrected chi connectivity index (χ4v) is 2.82. The molecule has 0 saturated heterocycles. The second-order valence-corrected chi connectivity index (χ2v) is 6.31. The molecule has 24 heavy (non-hydrogen) atoms. The van der Waals surface area contributed by atoms with E-state index in [9.17, 15) is 4.79 Å². The van der Waals surface area contributed by atoms with Gasteiger partial charge in [-0.2, -0.15) is 0 Å². The summed E-state index contributed by atoms with van der Waals surface area (Å²) in [6.45, 7) is 2.08. The molecule has 0 radical (unpaired) electrons. The lowest BCUT2D eigenvalue weighted by molar-refractivity contribution is -0.137. The molecule has 0 unspecified atom stereocenters. The molecule has 0 fully saturated rings. The average molecular weight is 329 g/mol. The minimum Gasteiger partial charge on any atom is -0.481 e. The largest absolute Gasteiger partial charge is 0.481 e. The van der Waals surface area contributed by atoms with Gasteiger partial charge in [0.05, 0.1) is 17.6 Å². The number of carboxylic acid groups (broad SMARTS) is 1. The van der Waals surface area contributed by atoms with Gasteiger partial charge >= 0.3 is 5.97 Å². The number of hydrogen-bond donors (Lipinski definition) is 1. The van der Waals surface area contributed by atoms with Gasteiger partial charge in [0, 0.05) is 6.42 Å². The SMILES string of the molecule is Cc1ccccc1-n1cc(CCCCCCCCCC(=O)O)nn1. The number of benzene rings is 1. The van der Waals surface area contributed by atoms with Crippen molar-refractivity contribution in [3.63, 3.8) is 0 Å². The van der Waals surface area contributed by atoms with Crippen molar-refractivity contribution in [1.29, 1.82) is 0 Å². The molecule has 1 aromatic carbocycles. The van der Waals surface area contributed by atoms with E-state index in [2.05, 4.69) is 29.4 Å². The molecule has 5 nitrogen and oxygen atoms in total. The Labute approximate surface area is 143 Å². The Morgan fingerprint density at radius 3 is 2.42 bits per heavy atom. The predicted octanol–water partition coefficient (Wildman–Crippen LogP) is 4.32. The van der Waals surface area contributed by atoms with E-state index in [1.165, 1.54) is 24.8 Å². The minimum absolute atomic E-state index is 0.302. The van der Waals surface area contributed by atoms with Crippen LogP contribution in [0.5, 0.6) is 0 Å². The Kier molecular flexibility index (Phi) is 7.46. The molecule has 0 bridgehead atoms. The molecule has 0 aliphatic carbocycles. The highest BCUT2D eigenvalue weighted by atomic mass is 16.4. The summed E-state index contributed by atoms with van der Waals surface area (Å²) in [6, 6.07) is 8.17. The van der Waals surface area contributed by atoms with E-state index in [-0.39, 0.29) is 0 Å². The lowest BCUT2D eigenvalue weighted by Gasteiger charge is -2.03. The zero-order valence-corrected chi connectivity index (χ0v) is 14.4. The lowest BCUT2D eigenvalue weighted by atomic mass is 10.1. The van der Waals surface area contributed by atoms with Gasteiger partial charge in [0.15, 0.2) is 0 Å². The first kappa shape index (κ1) is 18.2. The molecular weight excluding hydrogens is 302 g/mol. The van der Waals surface area contributed by atoms with Crippen molar-refractivity contribution in [2.24, 2.45) is 0 Å². The fraction of sp³-hybridized carbons (Fsp3) is 0.526. The summed E-state index contributed by atoms with van der Waals surface area (Å²) in [5.74, 6) is -0.686. The van der Waals surface area contributed by atoms with Gasteiger partial charge in [-0.15, -0.1) is 5.10 Å². The number of nitrogens with zero attached hydrogens (tertiary/aromatic N) is 3. The Morgan fingerprint density at radius 2 is 1.71 bits per heavy atom. The molecule has 0 aliphatic heterocycles. The molecule has 1 aromatic heterocycles. The minimum atomic E-state index is -0.686.